The number of nitrogens with one attached hydrogen (secondary N) is 1. The second-order valence-electron chi connectivity index (χ2n) is 12.9. The van der Waals surface area contributed by atoms with E-state index in [0.717, 1.165) is 37.6 Å². The first-order valence-corrected chi connectivity index (χ1v) is 15.8. The van der Waals surface area contributed by atoms with E-state index in [1.165, 1.54) is 6.07 Å². The molecule has 234 valence electrons. The standard InChI is InChI=1S/C34H34F4N6O/c1-2-23-26(35)10-7-19-5-3-6-24(27(19)23)29-28(36)30-25(14-39-29)32(43-16-21-8-9-22(17-43)40-21)42-33(41-30)45-18-34-11-4-12-44(34)15-20(13-34)31(37)38/h3,5-7,10,14,21-22,40H,2,4,8-9,11-13,15-18H2,1H3/t21?,22?,34-/m1/s1. The molecule has 4 aliphatic heterocycles. The molecular formula is C34H34F4N6O. The number of pyridine rings is 1. The molecule has 7 nitrogen and oxygen atoms in total. The van der Waals surface area contributed by atoms with Crippen LogP contribution in [-0.2, 0) is 6.42 Å². The fraction of sp³-hybridized carbons (Fsp3) is 0.441. The third-order valence-corrected chi connectivity index (χ3v) is 10.3. The van der Waals surface area contributed by atoms with Crippen molar-refractivity contribution in [2.75, 3.05) is 37.7 Å². The maximum Gasteiger partial charge on any atom is 0.319 e. The topological polar surface area (TPSA) is 66.4 Å². The zero-order valence-electron chi connectivity index (χ0n) is 25.1. The van der Waals surface area contributed by atoms with Gasteiger partial charge in [0.25, 0.3) is 6.08 Å². The van der Waals surface area contributed by atoms with Gasteiger partial charge in [-0.1, -0.05) is 31.2 Å². The van der Waals surface area contributed by atoms with E-state index in [9.17, 15) is 13.2 Å². The highest BCUT2D eigenvalue weighted by Crippen LogP contribution is 2.43. The van der Waals surface area contributed by atoms with Gasteiger partial charge in [-0.15, -0.1) is 0 Å². The van der Waals surface area contributed by atoms with Crippen LogP contribution in [0.2, 0.25) is 0 Å². The summed E-state index contributed by atoms with van der Waals surface area (Å²) in [6.07, 6.45) is 4.39. The Hall–Kier alpha value is -3.83. The Balaban J connectivity index is 1.25. The zero-order valence-corrected chi connectivity index (χ0v) is 25.1. The number of nitrogens with zero attached hydrogens (tertiary/aromatic N) is 5. The van der Waals surface area contributed by atoms with E-state index in [2.05, 4.69) is 25.1 Å². The van der Waals surface area contributed by atoms with Crippen LogP contribution >= 0.6 is 0 Å². The molecule has 6 heterocycles. The Kier molecular flexibility index (Phi) is 6.94. The van der Waals surface area contributed by atoms with Gasteiger partial charge < -0.3 is 15.0 Å². The summed E-state index contributed by atoms with van der Waals surface area (Å²) in [5.74, 6) is -0.429. The van der Waals surface area contributed by atoms with Gasteiger partial charge in [-0.05, 0) is 67.5 Å². The second kappa shape index (κ2) is 10.9. The van der Waals surface area contributed by atoms with Crippen molar-refractivity contribution < 1.29 is 22.3 Å². The van der Waals surface area contributed by atoms with E-state index in [-0.39, 0.29) is 48.2 Å². The van der Waals surface area contributed by atoms with E-state index in [0.29, 0.717) is 59.3 Å². The molecular weight excluding hydrogens is 584 g/mol. The van der Waals surface area contributed by atoms with Crippen LogP contribution in [0.3, 0.4) is 0 Å². The number of fused-ring (bicyclic) bond motifs is 5. The maximum absolute atomic E-state index is 16.8. The first-order chi connectivity index (χ1) is 21.8. The van der Waals surface area contributed by atoms with Crippen LogP contribution in [0.5, 0.6) is 6.01 Å². The van der Waals surface area contributed by atoms with Crippen molar-refractivity contribution in [2.45, 2.75) is 63.1 Å². The lowest BCUT2D eigenvalue weighted by Crippen LogP contribution is -2.51. The first kappa shape index (κ1) is 28.6. The minimum absolute atomic E-state index is 0.0111. The van der Waals surface area contributed by atoms with Gasteiger partial charge in [0.15, 0.2) is 5.82 Å². The number of anilines is 1. The molecule has 8 rings (SSSR count). The molecule has 2 aromatic carbocycles. The van der Waals surface area contributed by atoms with Crippen molar-refractivity contribution in [1.29, 1.82) is 0 Å². The first-order valence-electron chi connectivity index (χ1n) is 15.8. The summed E-state index contributed by atoms with van der Waals surface area (Å²) >= 11 is 0. The number of benzene rings is 2. The highest BCUT2D eigenvalue weighted by molar-refractivity contribution is 6.00. The summed E-state index contributed by atoms with van der Waals surface area (Å²) in [6, 6.07) is 9.21. The molecule has 2 bridgehead atoms. The zero-order chi connectivity index (χ0) is 30.9. The molecule has 4 saturated heterocycles. The van der Waals surface area contributed by atoms with E-state index in [1.54, 1.807) is 18.3 Å². The molecule has 2 unspecified atom stereocenters. The average molecular weight is 619 g/mol. The number of piperazine rings is 1. The molecule has 3 atom stereocenters. The van der Waals surface area contributed by atoms with Gasteiger partial charge in [-0.3, -0.25) is 9.88 Å². The van der Waals surface area contributed by atoms with Crippen LogP contribution in [-0.4, -0.2) is 70.3 Å². The molecule has 4 aliphatic rings. The molecule has 1 N–H and O–H groups in total. The van der Waals surface area contributed by atoms with Gasteiger partial charge in [-0.25, -0.2) is 8.78 Å². The molecule has 4 fully saturated rings. The van der Waals surface area contributed by atoms with Crippen molar-refractivity contribution in [1.82, 2.24) is 25.2 Å². The largest absolute Gasteiger partial charge is 0.461 e. The van der Waals surface area contributed by atoms with Gasteiger partial charge in [0.05, 0.1) is 10.9 Å². The number of aryl methyl sites for hydroxylation is 1. The Morgan fingerprint density at radius 1 is 1.09 bits per heavy atom. The van der Waals surface area contributed by atoms with Crippen LogP contribution in [0.1, 0.15) is 44.6 Å². The molecule has 45 heavy (non-hydrogen) atoms. The number of halogens is 4. The van der Waals surface area contributed by atoms with Crippen LogP contribution in [0.15, 0.2) is 48.2 Å². The quantitative estimate of drug-likeness (QED) is 0.251. The Morgan fingerprint density at radius 3 is 2.69 bits per heavy atom. The monoisotopic (exact) mass is 618 g/mol. The lowest BCUT2D eigenvalue weighted by atomic mass is 9.94. The summed E-state index contributed by atoms with van der Waals surface area (Å²) in [5, 5.41) is 5.51. The lowest BCUT2D eigenvalue weighted by molar-refractivity contribution is 0.108. The average Bonchev–Trinajstić information content (AvgIpc) is 3.71. The molecule has 0 radical (unpaired) electrons. The van der Waals surface area contributed by atoms with Crippen molar-refractivity contribution in [3.63, 3.8) is 0 Å². The lowest BCUT2D eigenvalue weighted by Gasteiger charge is -2.34. The van der Waals surface area contributed by atoms with Crippen molar-refractivity contribution in [3.8, 4) is 17.3 Å². The molecule has 0 aliphatic carbocycles. The highest BCUT2D eigenvalue weighted by atomic mass is 19.3. The van der Waals surface area contributed by atoms with Gasteiger partial charge in [0.1, 0.15) is 29.5 Å². The van der Waals surface area contributed by atoms with E-state index >= 15 is 4.39 Å². The normalized spacial score (nSPS) is 24.6. The van der Waals surface area contributed by atoms with Crippen LogP contribution in [0, 0.1) is 11.6 Å². The number of hydrogen-bond acceptors (Lipinski definition) is 7. The number of hydrogen-bond donors (Lipinski definition) is 1. The summed E-state index contributed by atoms with van der Waals surface area (Å²) in [5.41, 5.74) is 0.730. The van der Waals surface area contributed by atoms with Crippen molar-refractivity contribution in [3.05, 3.63) is 65.4 Å². The predicted octanol–water partition coefficient (Wildman–Crippen LogP) is 6.39. The highest BCUT2D eigenvalue weighted by Gasteiger charge is 2.48. The smallest absolute Gasteiger partial charge is 0.319 e. The van der Waals surface area contributed by atoms with Gasteiger partial charge in [-0.2, -0.15) is 18.7 Å². The molecule has 0 amide bonds. The third-order valence-electron chi connectivity index (χ3n) is 10.3. The number of ether oxygens (including phenoxy) is 1. The summed E-state index contributed by atoms with van der Waals surface area (Å²) in [6.45, 7) is 4.36. The van der Waals surface area contributed by atoms with E-state index in [4.69, 9.17) is 9.72 Å². The fourth-order valence-corrected chi connectivity index (χ4v) is 8.12. The molecule has 4 aromatic rings. The minimum atomic E-state index is -1.62. The minimum Gasteiger partial charge on any atom is -0.461 e. The number of rotatable bonds is 6. The van der Waals surface area contributed by atoms with E-state index in [1.807, 2.05) is 19.1 Å². The third kappa shape index (κ3) is 4.74. The van der Waals surface area contributed by atoms with Crippen LogP contribution in [0.4, 0.5) is 23.4 Å². The SMILES string of the molecule is CCc1c(F)ccc2cccc(-c3ncc4c(N5CC6CCC(C5)N6)nc(OC[C@]56CCCN5CC(=C(F)F)C6)nc4c3F)c12. The Labute approximate surface area is 258 Å². The number of aromatic nitrogens is 3. The van der Waals surface area contributed by atoms with Gasteiger partial charge in [0.2, 0.25) is 0 Å². The van der Waals surface area contributed by atoms with Crippen LogP contribution in [0.25, 0.3) is 32.9 Å². The van der Waals surface area contributed by atoms with Gasteiger partial charge in [0, 0.05) is 49.1 Å². The summed E-state index contributed by atoms with van der Waals surface area (Å²) in [4.78, 5) is 18.2. The predicted molar refractivity (Wildman–Crippen MR) is 165 cm³/mol. The second-order valence-corrected chi connectivity index (χ2v) is 12.9. The Bertz CT molecular complexity index is 1850. The van der Waals surface area contributed by atoms with Crippen molar-refractivity contribution >= 4 is 27.5 Å². The Morgan fingerprint density at radius 2 is 1.91 bits per heavy atom. The van der Waals surface area contributed by atoms with Crippen molar-refractivity contribution in [2.24, 2.45) is 0 Å². The molecule has 0 saturated carbocycles. The van der Waals surface area contributed by atoms with E-state index < -0.39 is 17.4 Å². The summed E-state index contributed by atoms with van der Waals surface area (Å²) in [7, 11) is 0. The van der Waals surface area contributed by atoms with Crippen LogP contribution < -0.4 is 15.0 Å². The summed E-state index contributed by atoms with van der Waals surface area (Å²) < 4.78 is 65.1. The fourth-order valence-electron chi connectivity index (χ4n) is 8.12. The molecule has 11 heteroatoms. The molecule has 0 spiro atoms. The molecule has 2 aromatic heterocycles. The van der Waals surface area contributed by atoms with Gasteiger partial charge >= 0.3 is 6.01 Å². The maximum atomic E-state index is 16.8.